The number of hydrogen-bond acceptors (Lipinski definition) is 1. The molecule has 3 aromatic rings. The van der Waals surface area contributed by atoms with Gasteiger partial charge in [0.2, 0.25) is 0 Å². The molecule has 1 heteroatoms. The third-order valence-electron chi connectivity index (χ3n) is 4.00. The van der Waals surface area contributed by atoms with E-state index in [-0.39, 0.29) is 0 Å². The van der Waals surface area contributed by atoms with Crippen LogP contribution in [0.25, 0.3) is 0 Å². The van der Waals surface area contributed by atoms with Crippen molar-refractivity contribution < 1.29 is 0 Å². The zero-order valence-electron chi connectivity index (χ0n) is 13.2. The fourth-order valence-corrected chi connectivity index (χ4v) is 2.80. The highest BCUT2D eigenvalue weighted by atomic mass is 15.1. The molecule has 0 radical (unpaired) electrons. The summed E-state index contributed by atoms with van der Waals surface area (Å²) in [7, 11) is 0. The van der Waals surface area contributed by atoms with Crippen molar-refractivity contribution in [2.24, 2.45) is 0 Å². The van der Waals surface area contributed by atoms with E-state index in [1.165, 1.54) is 28.1 Å². The molecule has 0 spiro atoms. The van der Waals surface area contributed by atoms with Crippen molar-refractivity contribution in [1.29, 1.82) is 0 Å². The molecule has 110 valence electrons. The molecule has 0 bridgehead atoms. The van der Waals surface area contributed by atoms with Crippen molar-refractivity contribution in [3.63, 3.8) is 0 Å². The Morgan fingerprint density at radius 2 is 1.05 bits per heavy atom. The molecule has 0 aliphatic heterocycles. The van der Waals surface area contributed by atoms with Crippen LogP contribution in [0.3, 0.4) is 0 Å². The van der Waals surface area contributed by atoms with Crippen molar-refractivity contribution in [2.75, 3.05) is 4.90 Å². The smallest absolute Gasteiger partial charge is 0.0481 e. The van der Waals surface area contributed by atoms with Crippen LogP contribution < -0.4 is 4.90 Å². The van der Waals surface area contributed by atoms with Gasteiger partial charge in [-0.15, -0.1) is 0 Å². The van der Waals surface area contributed by atoms with Crippen molar-refractivity contribution in [1.82, 2.24) is 0 Å². The second kappa shape index (κ2) is 6.48. The van der Waals surface area contributed by atoms with E-state index in [4.69, 9.17) is 0 Å². The molecule has 0 atom stereocenters. The Bertz CT molecular complexity index is 701. The van der Waals surface area contributed by atoms with E-state index in [0.717, 1.165) is 6.54 Å². The summed E-state index contributed by atoms with van der Waals surface area (Å²) < 4.78 is 0. The molecule has 0 N–H and O–H groups in total. The average Bonchev–Trinajstić information content (AvgIpc) is 2.55. The summed E-state index contributed by atoms with van der Waals surface area (Å²) in [6, 6.07) is 27.8. The van der Waals surface area contributed by atoms with Crippen molar-refractivity contribution in [3.05, 3.63) is 95.6 Å². The number of rotatable bonds is 4. The Hall–Kier alpha value is -2.54. The summed E-state index contributed by atoms with van der Waals surface area (Å²) in [5.74, 6) is 0. The van der Waals surface area contributed by atoms with Crippen LogP contribution in [0.4, 0.5) is 11.4 Å². The number of hydrogen-bond donors (Lipinski definition) is 0. The summed E-state index contributed by atoms with van der Waals surface area (Å²) in [5, 5.41) is 0. The van der Waals surface area contributed by atoms with E-state index in [1.54, 1.807) is 0 Å². The maximum Gasteiger partial charge on any atom is 0.0481 e. The van der Waals surface area contributed by atoms with Gasteiger partial charge < -0.3 is 4.90 Å². The Kier molecular flexibility index (Phi) is 4.24. The number of aryl methyl sites for hydroxylation is 2. The lowest BCUT2D eigenvalue weighted by Gasteiger charge is -2.28. The molecule has 0 aliphatic carbocycles. The molecule has 1 nitrogen and oxygen atoms in total. The maximum absolute atomic E-state index is 2.40. The van der Waals surface area contributed by atoms with Crippen LogP contribution in [0.2, 0.25) is 0 Å². The van der Waals surface area contributed by atoms with Gasteiger partial charge in [-0.1, -0.05) is 66.7 Å². The van der Waals surface area contributed by atoms with Gasteiger partial charge in [-0.05, 0) is 42.7 Å². The van der Waals surface area contributed by atoms with Crippen molar-refractivity contribution in [2.45, 2.75) is 20.4 Å². The maximum atomic E-state index is 2.40. The van der Waals surface area contributed by atoms with E-state index in [1.807, 2.05) is 0 Å². The molecule has 0 heterocycles. The van der Waals surface area contributed by atoms with Gasteiger partial charge in [-0.3, -0.25) is 0 Å². The highest BCUT2D eigenvalue weighted by molar-refractivity contribution is 5.68. The van der Waals surface area contributed by atoms with Crippen LogP contribution in [0.5, 0.6) is 0 Å². The first kappa shape index (κ1) is 14.4. The van der Waals surface area contributed by atoms with Crippen LogP contribution in [0.15, 0.2) is 78.9 Å². The van der Waals surface area contributed by atoms with Gasteiger partial charge in [0.1, 0.15) is 0 Å². The Labute approximate surface area is 132 Å². The third-order valence-corrected chi connectivity index (χ3v) is 4.00. The fraction of sp³-hybridized carbons (Fsp3) is 0.143. The fourth-order valence-electron chi connectivity index (χ4n) is 2.80. The highest BCUT2D eigenvalue weighted by Gasteiger charge is 2.13. The van der Waals surface area contributed by atoms with Crippen LogP contribution in [0.1, 0.15) is 16.7 Å². The minimum Gasteiger partial charge on any atom is -0.337 e. The lowest BCUT2D eigenvalue weighted by molar-refractivity contribution is 0.962. The van der Waals surface area contributed by atoms with Crippen LogP contribution in [-0.4, -0.2) is 0 Å². The summed E-state index contributed by atoms with van der Waals surface area (Å²) in [5.41, 5.74) is 6.43. The Morgan fingerprint density at radius 1 is 0.591 bits per heavy atom. The number of benzene rings is 3. The monoisotopic (exact) mass is 287 g/mol. The van der Waals surface area contributed by atoms with Gasteiger partial charge in [-0.2, -0.15) is 0 Å². The normalized spacial score (nSPS) is 10.5. The standard InChI is InChI=1S/C21H21N/c1-17-10-6-8-14-20(17)22(16-19-12-4-3-5-13-19)21-15-9-7-11-18(21)2/h3-15H,16H2,1-2H3. The van der Waals surface area contributed by atoms with Gasteiger partial charge in [-0.25, -0.2) is 0 Å². The zero-order valence-corrected chi connectivity index (χ0v) is 13.2. The molecule has 0 aliphatic rings. The van der Waals surface area contributed by atoms with Gasteiger partial charge in [0.15, 0.2) is 0 Å². The minimum absolute atomic E-state index is 0.872. The van der Waals surface area contributed by atoms with Crippen LogP contribution in [0, 0.1) is 13.8 Å². The second-order valence-electron chi connectivity index (χ2n) is 5.64. The Morgan fingerprint density at radius 3 is 1.55 bits per heavy atom. The first-order chi connectivity index (χ1) is 10.8. The molecule has 3 aromatic carbocycles. The minimum atomic E-state index is 0.872. The van der Waals surface area contributed by atoms with Crippen molar-refractivity contribution >= 4 is 11.4 Å². The molecule has 0 aromatic heterocycles. The van der Waals surface area contributed by atoms with E-state index in [0.29, 0.717) is 0 Å². The quantitative estimate of drug-likeness (QED) is 0.600. The molecule has 0 fully saturated rings. The topological polar surface area (TPSA) is 3.24 Å². The lowest BCUT2D eigenvalue weighted by Crippen LogP contribution is -2.18. The van der Waals surface area contributed by atoms with Gasteiger partial charge >= 0.3 is 0 Å². The number of nitrogens with zero attached hydrogens (tertiary/aromatic N) is 1. The molecule has 0 saturated heterocycles. The summed E-state index contributed by atoms with van der Waals surface area (Å²) in [4.78, 5) is 2.40. The average molecular weight is 287 g/mol. The van der Waals surface area contributed by atoms with Crippen molar-refractivity contribution in [3.8, 4) is 0 Å². The van der Waals surface area contributed by atoms with E-state index in [9.17, 15) is 0 Å². The van der Waals surface area contributed by atoms with E-state index >= 15 is 0 Å². The molecular weight excluding hydrogens is 266 g/mol. The highest BCUT2D eigenvalue weighted by Crippen LogP contribution is 2.32. The first-order valence-corrected chi connectivity index (χ1v) is 7.68. The SMILES string of the molecule is Cc1ccccc1N(Cc1ccccc1)c1ccccc1C. The predicted molar refractivity (Wildman–Crippen MR) is 94.6 cm³/mol. The Balaban J connectivity index is 2.07. The van der Waals surface area contributed by atoms with E-state index in [2.05, 4.69) is 97.6 Å². The zero-order chi connectivity index (χ0) is 15.4. The molecule has 22 heavy (non-hydrogen) atoms. The summed E-state index contributed by atoms with van der Waals surface area (Å²) >= 11 is 0. The van der Waals surface area contributed by atoms with Gasteiger partial charge in [0.25, 0.3) is 0 Å². The molecule has 0 unspecified atom stereocenters. The molecular formula is C21H21N. The lowest BCUT2D eigenvalue weighted by atomic mass is 10.1. The third kappa shape index (κ3) is 3.04. The van der Waals surface area contributed by atoms with Gasteiger partial charge in [0, 0.05) is 17.9 Å². The number of para-hydroxylation sites is 2. The van der Waals surface area contributed by atoms with Crippen LogP contribution in [-0.2, 0) is 6.54 Å². The van der Waals surface area contributed by atoms with Crippen LogP contribution >= 0.6 is 0 Å². The first-order valence-electron chi connectivity index (χ1n) is 7.68. The summed E-state index contributed by atoms with van der Waals surface area (Å²) in [6.07, 6.45) is 0. The number of anilines is 2. The molecule has 0 saturated carbocycles. The molecule has 0 amide bonds. The van der Waals surface area contributed by atoms with E-state index < -0.39 is 0 Å². The summed E-state index contributed by atoms with van der Waals surface area (Å²) in [6.45, 7) is 5.22. The second-order valence-corrected chi connectivity index (χ2v) is 5.64. The largest absolute Gasteiger partial charge is 0.337 e. The predicted octanol–water partition coefficient (Wildman–Crippen LogP) is 5.64. The molecule has 3 rings (SSSR count). The van der Waals surface area contributed by atoms with Gasteiger partial charge in [0.05, 0.1) is 0 Å².